The number of anilines is 1. The molecule has 8 heteroatoms. The molecular weight excluding hydrogens is 322 g/mol. The van der Waals surface area contributed by atoms with Gasteiger partial charge in [0.05, 0.1) is 25.3 Å². The number of methoxy groups -OCH3 is 1. The first-order valence-electron chi connectivity index (χ1n) is 8.28. The number of carbonyl (C=O) groups is 1. The largest absolute Gasteiger partial charge is 0.478 e. The third kappa shape index (κ3) is 3.42. The molecule has 0 N–H and O–H groups in total. The van der Waals surface area contributed by atoms with Crippen LogP contribution in [-0.4, -0.2) is 59.2 Å². The topological polar surface area (TPSA) is 84.6 Å². The number of nitrogens with zero attached hydrogens (tertiary/aromatic N) is 5. The van der Waals surface area contributed by atoms with Gasteiger partial charge in [-0.15, -0.1) is 0 Å². The molecule has 3 heterocycles. The monoisotopic (exact) mass is 345 g/mol. The Morgan fingerprint density at radius 3 is 2.84 bits per heavy atom. The van der Waals surface area contributed by atoms with Crippen LogP contribution in [0.25, 0.3) is 0 Å². The number of ether oxygens (including phenoxy) is 1. The summed E-state index contributed by atoms with van der Waals surface area (Å²) in [4.78, 5) is 25.1. The van der Waals surface area contributed by atoms with Crippen LogP contribution in [0.4, 0.5) is 5.82 Å². The second kappa shape index (κ2) is 7.08. The minimum atomic E-state index is 0.0624. The van der Waals surface area contributed by atoms with Gasteiger partial charge in [0.1, 0.15) is 5.76 Å². The summed E-state index contributed by atoms with van der Waals surface area (Å²) in [6.45, 7) is 5.21. The molecule has 1 atom stereocenters. The molecule has 0 unspecified atom stereocenters. The molecule has 8 nitrogen and oxygen atoms in total. The van der Waals surface area contributed by atoms with Crippen molar-refractivity contribution in [3.8, 4) is 5.88 Å². The fourth-order valence-corrected chi connectivity index (χ4v) is 3.16. The molecule has 0 aliphatic carbocycles. The predicted molar refractivity (Wildman–Crippen MR) is 91.7 cm³/mol. The van der Waals surface area contributed by atoms with Crippen LogP contribution in [0.15, 0.2) is 16.9 Å². The second-order valence-corrected chi connectivity index (χ2v) is 6.26. The quantitative estimate of drug-likeness (QED) is 0.809. The molecule has 0 radical (unpaired) electrons. The van der Waals surface area contributed by atoms with Crippen LogP contribution in [-0.2, 0) is 11.2 Å². The van der Waals surface area contributed by atoms with Crippen molar-refractivity contribution in [3.63, 3.8) is 0 Å². The summed E-state index contributed by atoms with van der Waals surface area (Å²) < 4.78 is 10.4. The van der Waals surface area contributed by atoms with E-state index < -0.39 is 0 Å². The lowest BCUT2D eigenvalue weighted by atomic mass is 10.1. The first kappa shape index (κ1) is 17.2. The lowest BCUT2D eigenvalue weighted by Gasteiger charge is -2.25. The van der Waals surface area contributed by atoms with E-state index in [0.717, 1.165) is 30.0 Å². The van der Waals surface area contributed by atoms with Crippen molar-refractivity contribution in [2.75, 3.05) is 32.1 Å². The summed E-state index contributed by atoms with van der Waals surface area (Å²) in [5.74, 6) is 2.00. The van der Waals surface area contributed by atoms with Crippen LogP contribution < -0.4 is 9.64 Å². The number of likely N-dealkylation sites (N-methyl/N-ethyl adjacent to an activating group) is 1. The molecule has 1 fully saturated rings. The summed E-state index contributed by atoms with van der Waals surface area (Å²) >= 11 is 0. The molecule has 1 aliphatic heterocycles. The average Bonchev–Trinajstić information content (AvgIpc) is 3.23. The van der Waals surface area contributed by atoms with E-state index in [0.29, 0.717) is 24.6 Å². The highest BCUT2D eigenvalue weighted by molar-refractivity contribution is 5.79. The van der Waals surface area contributed by atoms with Crippen LogP contribution in [0, 0.1) is 13.8 Å². The molecular formula is C17H23N5O3. The normalized spacial score (nSPS) is 17.0. The van der Waals surface area contributed by atoms with Gasteiger partial charge >= 0.3 is 0 Å². The minimum absolute atomic E-state index is 0.0624. The van der Waals surface area contributed by atoms with Gasteiger partial charge in [-0.3, -0.25) is 4.79 Å². The average molecular weight is 345 g/mol. The highest BCUT2D eigenvalue weighted by atomic mass is 16.5. The maximum atomic E-state index is 12.7. The van der Waals surface area contributed by atoms with E-state index >= 15 is 0 Å². The summed E-state index contributed by atoms with van der Waals surface area (Å²) in [5.41, 5.74) is 1.65. The highest BCUT2D eigenvalue weighted by Crippen LogP contribution is 2.27. The van der Waals surface area contributed by atoms with Gasteiger partial charge in [0.15, 0.2) is 5.82 Å². The van der Waals surface area contributed by atoms with Gasteiger partial charge in [0.25, 0.3) is 5.88 Å². The fraction of sp³-hybridized carbons (Fsp3) is 0.529. The molecule has 0 bridgehead atoms. The molecule has 134 valence electrons. The lowest BCUT2D eigenvalue weighted by molar-refractivity contribution is -0.130. The summed E-state index contributed by atoms with van der Waals surface area (Å²) in [6, 6.07) is 0.125. The third-order valence-corrected chi connectivity index (χ3v) is 4.75. The molecule has 2 aromatic rings. The summed E-state index contributed by atoms with van der Waals surface area (Å²) in [5, 5.41) is 3.91. The van der Waals surface area contributed by atoms with Crippen LogP contribution in [0.3, 0.4) is 0 Å². The predicted octanol–water partition coefficient (Wildman–Crippen LogP) is 1.37. The van der Waals surface area contributed by atoms with E-state index in [9.17, 15) is 4.79 Å². The van der Waals surface area contributed by atoms with E-state index in [1.807, 2.05) is 25.8 Å². The van der Waals surface area contributed by atoms with Crippen molar-refractivity contribution in [1.82, 2.24) is 20.0 Å². The Kier molecular flexibility index (Phi) is 4.87. The van der Waals surface area contributed by atoms with Crippen molar-refractivity contribution in [2.24, 2.45) is 0 Å². The zero-order valence-corrected chi connectivity index (χ0v) is 15.0. The minimum Gasteiger partial charge on any atom is -0.478 e. The Hall–Kier alpha value is -2.64. The Morgan fingerprint density at radius 2 is 2.16 bits per heavy atom. The number of carbonyl (C=O) groups excluding carboxylic acids is 1. The number of aryl methyl sites for hydroxylation is 2. The number of amides is 1. The van der Waals surface area contributed by atoms with Crippen LogP contribution >= 0.6 is 0 Å². The van der Waals surface area contributed by atoms with Crippen molar-refractivity contribution in [1.29, 1.82) is 0 Å². The number of hydrogen-bond acceptors (Lipinski definition) is 7. The van der Waals surface area contributed by atoms with Crippen LogP contribution in [0.5, 0.6) is 5.88 Å². The fourth-order valence-electron chi connectivity index (χ4n) is 3.16. The SMILES string of the molecule is COc1nccnc1N1CC[C@@H](N(C)C(=O)Cc2c(C)noc2C)C1. The Labute approximate surface area is 146 Å². The van der Waals surface area contributed by atoms with Crippen molar-refractivity contribution in [3.05, 3.63) is 29.4 Å². The van der Waals surface area contributed by atoms with Gasteiger partial charge < -0.3 is 19.1 Å². The Morgan fingerprint density at radius 1 is 1.40 bits per heavy atom. The van der Waals surface area contributed by atoms with Crippen molar-refractivity contribution >= 4 is 11.7 Å². The molecule has 0 aromatic carbocycles. The third-order valence-electron chi connectivity index (χ3n) is 4.75. The van der Waals surface area contributed by atoms with Gasteiger partial charge in [-0.05, 0) is 20.3 Å². The molecule has 1 amide bonds. The van der Waals surface area contributed by atoms with Crippen molar-refractivity contribution < 1.29 is 14.1 Å². The zero-order chi connectivity index (χ0) is 18.0. The molecule has 1 aliphatic rings. The molecule has 0 saturated carbocycles. The standard InChI is InChI=1S/C17H23N5O3/c1-11-14(12(2)25-20-11)9-15(23)21(3)13-5-8-22(10-13)16-17(24-4)19-7-6-18-16/h6-7,13H,5,8-10H2,1-4H3/t13-/m1/s1. The van der Waals surface area contributed by atoms with Crippen LogP contribution in [0.2, 0.25) is 0 Å². The summed E-state index contributed by atoms with van der Waals surface area (Å²) in [7, 11) is 3.43. The maximum absolute atomic E-state index is 12.7. The second-order valence-electron chi connectivity index (χ2n) is 6.26. The smallest absolute Gasteiger partial charge is 0.257 e. The number of aromatic nitrogens is 3. The highest BCUT2D eigenvalue weighted by Gasteiger charge is 2.31. The Bertz CT molecular complexity index is 741. The molecule has 3 rings (SSSR count). The number of rotatable bonds is 5. The molecule has 0 spiro atoms. The molecule has 2 aromatic heterocycles. The van der Waals surface area contributed by atoms with Gasteiger partial charge in [-0.2, -0.15) is 0 Å². The van der Waals surface area contributed by atoms with E-state index in [1.54, 1.807) is 19.5 Å². The van der Waals surface area contributed by atoms with E-state index in [-0.39, 0.29) is 11.9 Å². The maximum Gasteiger partial charge on any atom is 0.257 e. The van der Waals surface area contributed by atoms with E-state index in [4.69, 9.17) is 9.26 Å². The van der Waals surface area contributed by atoms with Gasteiger partial charge in [-0.1, -0.05) is 5.16 Å². The first-order valence-corrected chi connectivity index (χ1v) is 8.28. The van der Waals surface area contributed by atoms with Gasteiger partial charge in [-0.25, -0.2) is 9.97 Å². The van der Waals surface area contributed by atoms with Gasteiger partial charge in [0, 0.05) is 38.1 Å². The van der Waals surface area contributed by atoms with E-state index in [1.165, 1.54) is 0 Å². The first-order chi connectivity index (χ1) is 12.0. The van der Waals surface area contributed by atoms with E-state index in [2.05, 4.69) is 20.0 Å². The Balaban J connectivity index is 1.66. The molecule has 1 saturated heterocycles. The van der Waals surface area contributed by atoms with Crippen LogP contribution in [0.1, 0.15) is 23.4 Å². The number of hydrogen-bond donors (Lipinski definition) is 0. The zero-order valence-electron chi connectivity index (χ0n) is 15.0. The summed E-state index contributed by atoms with van der Waals surface area (Å²) in [6.07, 6.45) is 4.44. The van der Waals surface area contributed by atoms with Crippen molar-refractivity contribution in [2.45, 2.75) is 32.7 Å². The lowest BCUT2D eigenvalue weighted by Crippen LogP contribution is -2.40. The molecule has 25 heavy (non-hydrogen) atoms. The van der Waals surface area contributed by atoms with Gasteiger partial charge in [0.2, 0.25) is 5.91 Å².